The number of aromatic nitrogens is 2. The van der Waals surface area contributed by atoms with Gasteiger partial charge in [-0.1, -0.05) is 0 Å². The van der Waals surface area contributed by atoms with E-state index in [9.17, 15) is 14.7 Å². The van der Waals surface area contributed by atoms with E-state index in [1.54, 1.807) is 41.7 Å². The standard InChI is InChI=1S/C19H20N6O4S/c1-29-12-4-2-11(3-5-12)21-19(28)25-8-6-24(7-9-25)16-14-13(22-18(20)23-16)10-30-15(14)17(26)27/h2-5,10H,6-9H2,1H3,(H2,20,22)(H,21,28)(H,26,27). The number of carboxylic acid groups (broad SMARTS) is 1. The number of carbonyl (C=O) groups excluding carboxylic acids is 1. The van der Waals surface area contributed by atoms with Crippen LogP contribution < -0.4 is 20.7 Å². The third-order valence-electron chi connectivity index (χ3n) is 4.85. The highest BCUT2D eigenvalue weighted by atomic mass is 32.1. The van der Waals surface area contributed by atoms with Crippen LogP contribution in [0.1, 0.15) is 9.67 Å². The van der Waals surface area contributed by atoms with E-state index in [1.807, 2.05) is 4.90 Å². The van der Waals surface area contributed by atoms with Gasteiger partial charge in [0.1, 0.15) is 16.4 Å². The summed E-state index contributed by atoms with van der Waals surface area (Å²) in [6.45, 7) is 1.91. The van der Waals surface area contributed by atoms with E-state index in [4.69, 9.17) is 10.5 Å². The van der Waals surface area contributed by atoms with E-state index in [2.05, 4.69) is 15.3 Å². The van der Waals surface area contributed by atoms with Crippen molar-refractivity contribution in [2.24, 2.45) is 0 Å². The van der Waals surface area contributed by atoms with Crippen LogP contribution in [0.15, 0.2) is 29.6 Å². The van der Waals surface area contributed by atoms with E-state index in [0.717, 1.165) is 11.3 Å². The van der Waals surface area contributed by atoms with Gasteiger partial charge in [0.05, 0.1) is 18.0 Å². The fraction of sp³-hybridized carbons (Fsp3) is 0.263. The molecular weight excluding hydrogens is 408 g/mol. The summed E-state index contributed by atoms with van der Waals surface area (Å²) < 4.78 is 5.12. The number of thiophene rings is 1. The Balaban J connectivity index is 1.47. The molecule has 0 saturated carbocycles. The van der Waals surface area contributed by atoms with Gasteiger partial charge in [0.25, 0.3) is 0 Å². The number of nitrogen functional groups attached to an aromatic ring is 1. The van der Waals surface area contributed by atoms with Gasteiger partial charge >= 0.3 is 12.0 Å². The van der Waals surface area contributed by atoms with Crippen LogP contribution in [-0.2, 0) is 0 Å². The predicted molar refractivity (Wildman–Crippen MR) is 115 cm³/mol. The highest BCUT2D eigenvalue weighted by Gasteiger charge is 2.26. The fourth-order valence-electron chi connectivity index (χ4n) is 3.34. The number of aromatic carboxylic acids is 1. The Kier molecular flexibility index (Phi) is 5.27. The monoisotopic (exact) mass is 428 g/mol. The van der Waals surface area contributed by atoms with Gasteiger partial charge in [-0.3, -0.25) is 0 Å². The van der Waals surface area contributed by atoms with E-state index < -0.39 is 5.97 Å². The number of rotatable bonds is 4. The molecule has 3 heterocycles. The maximum Gasteiger partial charge on any atom is 0.346 e. The van der Waals surface area contributed by atoms with Crippen molar-refractivity contribution < 1.29 is 19.4 Å². The van der Waals surface area contributed by atoms with Gasteiger partial charge in [0.2, 0.25) is 5.95 Å². The molecule has 2 amide bonds. The largest absolute Gasteiger partial charge is 0.497 e. The van der Waals surface area contributed by atoms with Gasteiger partial charge in [0, 0.05) is 37.2 Å². The molecule has 1 aliphatic rings. The molecule has 0 unspecified atom stereocenters. The van der Waals surface area contributed by atoms with Gasteiger partial charge < -0.3 is 30.7 Å². The third kappa shape index (κ3) is 3.79. The number of hydrogen-bond acceptors (Lipinski definition) is 8. The van der Waals surface area contributed by atoms with E-state index >= 15 is 0 Å². The first-order chi connectivity index (χ1) is 14.5. The highest BCUT2D eigenvalue weighted by molar-refractivity contribution is 7.13. The number of fused-ring (bicyclic) bond motifs is 1. The van der Waals surface area contributed by atoms with Crippen molar-refractivity contribution >= 4 is 51.7 Å². The number of piperazine rings is 1. The molecule has 0 atom stereocenters. The lowest BCUT2D eigenvalue weighted by Gasteiger charge is -2.35. The lowest BCUT2D eigenvalue weighted by Crippen LogP contribution is -2.50. The molecule has 10 nitrogen and oxygen atoms in total. The number of benzene rings is 1. The highest BCUT2D eigenvalue weighted by Crippen LogP contribution is 2.33. The lowest BCUT2D eigenvalue weighted by atomic mass is 10.2. The Bertz CT molecular complexity index is 1090. The minimum Gasteiger partial charge on any atom is -0.497 e. The molecule has 4 N–H and O–H groups in total. The molecule has 30 heavy (non-hydrogen) atoms. The number of nitrogens with two attached hydrogens (primary N) is 1. The second kappa shape index (κ2) is 8.03. The summed E-state index contributed by atoms with van der Waals surface area (Å²) in [6, 6.07) is 6.90. The van der Waals surface area contributed by atoms with E-state index in [0.29, 0.717) is 54.3 Å². The summed E-state index contributed by atoms with van der Waals surface area (Å²) in [6.07, 6.45) is 0. The summed E-state index contributed by atoms with van der Waals surface area (Å²) in [7, 11) is 1.58. The number of hydrogen-bond donors (Lipinski definition) is 3. The van der Waals surface area contributed by atoms with Gasteiger partial charge in [-0.25, -0.2) is 14.6 Å². The second-order valence-electron chi connectivity index (χ2n) is 6.67. The molecule has 1 fully saturated rings. The molecule has 3 aromatic rings. The van der Waals surface area contributed by atoms with Crippen LogP contribution in [0.3, 0.4) is 0 Å². The first-order valence-electron chi connectivity index (χ1n) is 9.19. The van der Waals surface area contributed by atoms with Crippen LogP contribution in [0.5, 0.6) is 5.75 Å². The number of anilines is 3. The van der Waals surface area contributed by atoms with Crippen molar-refractivity contribution in [3.05, 3.63) is 34.5 Å². The number of amides is 2. The molecule has 0 aliphatic carbocycles. The number of urea groups is 1. The number of methoxy groups -OCH3 is 1. The molecule has 1 saturated heterocycles. The molecule has 0 radical (unpaired) electrons. The topological polar surface area (TPSA) is 134 Å². The Morgan fingerprint density at radius 2 is 1.87 bits per heavy atom. The Labute approximate surface area is 175 Å². The van der Waals surface area contributed by atoms with Crippen molar-refractivity contribution in [1.82, 2.24) is 14.9 Å². The van der Waals surface area contributed by atoms with Crippen molar-refractivity contribution in [2.45, 2.75) is 0 Å². The molecule has 1 aromatic carbocycles. The summed E-state index contributed by atoms with van der Waals surface area (Å²) in [5, 5.41) is 14.5. The second-order valence-corrected chi connectivity index (χ2v) is 7.55. The fourth-order valence-corrected chi connectivity index (χ4v) is 4.16. The molecule has 0 spiro atoms. The molecular formula is C19H20N6O4S. The number of nitrogens with zero attached hydrogens (tertiary/aromatic N) is 4. The maximum absolute atomic E-state index is 12.6. The first kappa shape index (κ1) is 19.7. The molecule has 11 heteroatoms. The molecule has 4 rings (SSSR count). The zero-order chi connectivity index (χ0) is 21.3. The zero-order valence-corrected chi connectivity index (χ0v) is 17.0. The van der Waals surface area contributed by atoms with Crippen LogP contribution in [-0.4, -0.2) is 65.3 Å². The van der Waals surface area contributed by atoms with Crippen LogP contribution in [0.2, 0.25) is 0 Å². The number of nitrogens with one attached hydrogen (secondary N) is 1. The lowest BCUT2D eigenvalue weighted by molar-refractivity contribution is 0.0704. The molecule has 0 bridgehead atoms. The van der Waals surface area contributed by atoms with Crippen molar-refractivity contribution in [1.29, 1.82) is 0 Å². The van der Waals surface area contributed by atoms with E-state index in [1.165, 1.54) is 0 Å². The number of ether oxygens (including phenoxy) is 1. The first-order valence-corrected chi connectivity index (χ1v) is 10.1. The third-order valence-corrected chi connectivity index (χ3v) is 5.81. The molecule has 2 aromatic heterocycles. The number of carbonyl (C=O) groups is 2. The average molecular weight is 428 g/mol. The Morgan fingerprint density at radius 3 is 2.50 bits per heavy atom. The normalized spacial score (nSPS) is 14.0. The predicted octanol–water partition coefficient (Wildman–Crippen LogP) is 2.33. The molecule has 156 valence electrons. The van der Waals surface area contributed by atoms with Gasteiger partial charge in [-0.2, -0.15) is 4.98 Å². The van der Waals surface area contributed by atoms with Crippen molar-refractivity contribution in [3.8, 4) is 5.75 Å². The number of carboxylic acids is 1. The Hall–Kier alpha value is -3.60. The molecule has 1 aliphatic heterocycles. The smallest absolute Gasteiger partial charge is 0.346 e. The average Bonchev–Trinajstić information content (AvgIpc) is 3.18. The summed E-state index contributed by atoms with van der Waals surface area (Å²) in [5.41, 5.74) is 7.02. The van der Waals surface area contributed by atoms with Crippen LogP contribution in [0.25, 0.3) is 10.9 Å². The van der Waals surface area contributed by atoms with Crippen LogP contribution >= 0.6 is 11.3 Å². The maximum atomic E-state index is 12.6. The zero-order valence-electron chi connectivity index (χ0n) is 16.2. The van der Waals surface area contributed by atoms with Crippen LogP contribution in [0.4, 0.5) is 22.2 Å². The minimum absolute atomic E-state index is 0.0897. The summed E-state index contributed by atoms with van der Waals surface area (Å²) >= 11 is 1.10. The van der Waals surface area contributed by atoms with Gasteiger partial charge in [0.15, 0.2) is 0 Å². The van der Waals surface area contributed by atoms with Gasteiger partial charge in [-0.05, 0) is 24.3 Å². The van der Waals surface area contributed by atoms with E-state index in [-0.39, 0.29) is 16.9 Å². The SMILES string of the molecule is COc1ccc(NC(=O)N2CCN(c3nc(N)nc4csc(C(=O)O)c34)CC2)cc1. The Morgan fingerprint density at radius 1 is 1.17 bits per heavy atom. The quantitative estimate of drug-likeness (QED) is 0.576. The summed E-state index contributed by atoms with van der Waals surface area (Å²) in [5.74, 6) is 0.270. The summed E-state index contributed by atoms with van der Waals surface area (Å²) in [4.78, 5) is 36.4. The van der Waals surface area contributed by atoms with Crippen molar-refractivity contribution in [2.75, 3.05) is 49.2 Å². The minimum atomic E-state index is -1.03. The van der Waals surface area contributed by atoms with Crippen molar-refractivity contribution in [3.63, 3.8) is 0 Å². The van der Waals surface area contributed by atoms with Crippen LogP contribution in [0, 0.1) is 0 Å². The van der Waals surface area contributed by atoms with Gasteiger partial charge in [-0.15, -0.1) is 11.3 Å².